The van der Waals surface area contributed by atoms with Gasteiger partial charge in [-0.05, 0) is 19.3 Å². The zero-order chi connectivity index (χ0) is 11.9. The van der Waals surface area contributed by atoms with E-state index < -0.39 is 0 Å². The fourth-order valence-corrected chi connectivity index (χ4v) is 2.33. The van der Waals surface area contributed by atoms with Gasteiger partial charge in [-0.15, -0.1) is 12.3 Å². The Labute approximate surface area is 98.2 Å². The monoisotopic (exact) mass is 222 g/mol. The summed E-state index contributed by atoms with van der Waals surface area (Å²) in [6, 6.07) is 0. The van der Waals surface area contributed by atoms with Crippen molar-refractivity contribution in [3.63, 3.8) is 0 Å². The Hall–Kier alpha value is -1.01. The Balaban J connectivity index is 2.40. The molecule has 1 aliphatic rings. The van der Waals surface area contributed by atoms with Crippen molar-refractivity contribution in [1.29, 1.82) is 0 Å². The maximum atomic E-state index is 12.1. The summed E-state index contributed by atoms with van der Waals surface area (Å²) >= 11 is 0. The lowest BCUT2D eigenvalue weighted by atomic mass is 9.73. The van der Waals surface area contributed by atoms with Gasteiger partial charge in [0.1, 0.15) is 0 Å². The first-order valence-electron chi connectivity index (χ1n) is 6.17. The maximum Gasteiger partial charge on any atom is 0.227 e. The molecule has 0 aliphatic heterocycles. The van der Waals surface area contributed by atoms with E-state index in [-0.39, 0.29) is 11.3 Å². The van der Waals surface area contributed by atoms with E-state index in [1.165, 1.54) is 6.42 Å². The summed E-state index contributed by atoms with van der Waals surface area (Å²) < 4.78 is 0. The number of rotatable bonds is 5. The fraction of sp³-hybridized carbons (Fsp3) is 0.769. The number of carbonyl (C=O) groups is 1. The minimum Gasteiger partial charge on any atom is -0.356 e. The molecule has 0 saturated heterocycles. The van der Waals surface area contributed by atoms with E-state index in [9.17, 15) is 4.79 Å². The summed E-state index contributed by atoms with van der Waals surface area (Å²) in [6.45, 7) is 1.14. The summed E-state index contributed by atoms with van der Waals surface area (Å²) in [5, 5.41) is 2.96. The normalized spacial score (nSPS) is 18.8. The molecule has 0 unspecified atom stereocenters. The number of hydrogen-bond donors (Lipinski definition) is 2. The van der Waals surface area contributed by atoms with Gasteiger partial charge in [0.15, 0.2) is 0 Å². The lowest BCUT2D eigenvalue weighted by Crippen LogP contribution is -2.47. The molecular weight excluding hydrogens is 200 g/mol. The predicted molar refractivity (Wildman–Crippen MR) is 65.6 cm³/mol. The highest BCUT2D eigenvalue weighted by molar-refractivity contribution is 5.82. The highest BCUT2D eigenvalue weighted by Gasteiger charge is 2.37. The average Bonchev–Trinajstić information content (AvgIpc) is 2.35. The second kappa shape index (κ2) is 6.55. The second-order valence-electron chi connectivity index (χ2n) is 4.61. The molecule has 0 bridgehead atoms. The molecule has 3 N–H and O–H groups in total. The number of nitrogens with one attached hydrogen (secondary N) is 1. The van der Waals surface area contributed by atoms with Gasteiger partial charge in [-0.1, -0.05) is 19.3 Å². The molecule has 0 aromatic heterocycles. The van der Waals surface area contributed by atoms with Gasteiger partial charge in [0.25, 0.3) is 0 Å². The molecule has 3 heteroatoms. The molecule has 3 nitrogen and oxygen atoms in total. The Morgan fingerprint density at radius 3 is 2.62 bits per heavy atom. The number of carbonyl (C=O) groups excluding carboxylic acids is 1. The third kappa shape index (κ3) is 3.24. The molecule has 0 atom stereocenters. The van der Waals surface area contributed by atoms with Crippen LogP contribution < -0.4 is 11.1 Å². The number of amides is 1. The molecule has 90 valence electrons. The van der Waals surface area contributed by atoms with E-state index in [4.69, 9.17) is 12.2 Å². The van der Waals surface area contributed by atoms with Crippen LogP contribution in [0.1, 0.15) is 44.9 Å². The molecule has 0 heterocycles. The SMILES string of the molecule is C#CCCCNC(=O)C1(CN)CCCCC1. The molecule has 16 heavy (non-hydrogen) atoms. The summed E-state index contributed by atoms with van der Waals surface area (Å²) in [5.41, 5.74) is 5.48. The first-order chi connectivity index (χ1) is 7.75. The Morgan fingerprint density at radius 2 is 2.06 bits per heavy atom. The van der Waals surface area contributed by atoms with Crippen LogP contribution in [0, 0.1) is 17.8 Å². The summed E-state index contributed by atoms with van der Waals surface area (Å²) in [6.07, 6.45) is 12.1. The van der Waals surface area contributed by atoms with Crippen LogP contribution in [-0.4, -0.2) is 19.0 Å². The average molecular weight is 222 g/mol. The Morgan fingerprint density at radius 1 is 1.38 bits per heavy atom. The molecule has 1 saturated carbocycles. The quantitative estimate of drug-likeness (QED) is 0.546. The summed E-state index contributed by atoms with van der Waals surface area (Å²) in [4.78, 5) is 12.1. The van der Waals surface area contributed by atoms with Gasteiger partial charge in [-0.2, -0.15) is 0 Å². The zero-order valence-electron chi connectivity index (χ0n) is 9.93. The van der Waals surface area contributed by atoms with E-state index in [0.29, 0.717) is 13.1 Å². The van der Waals surface area contributed by atoms with Crippen LogP contribution in [0.2, 0.25) is 0 Å². The van der Waals surface area contributed by atoms with Crippen molar-refractivity contribution in [3.05, 3.63) is 0 Å². The van der Waals surface area contributed by atoms with Gasteiger partial charge in [0.2, 0.25) is 5.91 Å². The molecule has 0 aromatic carbocycles. The standard InChI is InChI=1S/C13H22N2O/c1-2-3-7-10-15-12(16)13(11-14)8-5-4-6-9-13/h1H,3-11,14H2,(H,15,16). The number of hydrogen-bond acceptors (Lipinski definition) is 2. The zero-order valence-corrected chi connectivity index (χ0v) is 9.93. The van der Waals surface area contributed by atoms with E-state index in [1.807, 2.05) is 0 Å². The largest absolute Gasteiger partial charge is 0.356 e. The van der Waals surface area contributed by atoms with E-state index in [2.05, 4.69) is 11.2 Å². The summed E-state index contributed by atoms with van der Waals surface area (Å²) in [7, 11) is 0. The lowest BCUT2D eigenvalue weighted by molar-refractivity contribution is -0.132. The third-order valence-corrected chi connectivity index (χ3v) is 3.47. The molecule has 1 amide bonds. The van der Waals surface area contributed by atoms with Crippen LogP contribution in [0.5, 0.6) is 0 Å². The van der Waals surface area contributed by atoms with Crippen LogP contribution in [0.3, 0.4) is 0 Å². The van der Waals surface area contributed by atoms with Gasteiger partial charge in [0, 0.05) is 19.5 Å². The van der Waals surface area contributed by atoms with Crippen molar-refractivity contribution >= 4 is 5.91 Å². The van der Waals surface area contributed by atoms with Crippen molar-refractivity contribution in [1.82, 2.24) is 5.32 Å². The van der Waals surface area contributed by atoms with Crippen LogP contribution in [-0.2, 0) is 4.79 Å². The Kier molecular flexibility index (Phi) is 5.34. The molecule has 1 fully saturated rings. The van der Waals surface area contributed by atoms with Gasteiger partial charge >= 0.3 is 0 Å². The van der Waals surface area contributed by atoms with Gasteiger partial charge < -0.3 is 11.1 Å². The smallest absolute Gasteiger partial charge is 0.227 e. The van der Waals surface area contributed by atoms with Crippen molar-refractivity contribution in [2.24, 2.45) is 11.1 Å². The first-order valence-corrected chi connectivity index (χ1v) is 6.17. The van der Waals surface area contributed by atoms with Gasteiger partial charge in [0.05, 0.1) is 5.41 Å². The summed E-state index contributed by atoms with van der Waals surface area (Å²) in [5.74, 6) is 2.70. The minimum atomic E-state index is -0.297. The van der Waals surface area contributed by atoms with Crippen molar-refractivity contribution in [2.45, 2.75) is 44.9 Å². The van der Waals surface area contributed by atoms with Gasteiger partial charge in [-0.3, -0.25) is 4.79 Å². The van der Waals surface area contributed by atoms with E-state index in [0.717, 1.165) is 38.5 Å². The Bertz CT molecular complexity index is 262. The molecule has 0 aromatic rings. The molecule has 0 spiro atoms. The molecule has 0 radical (unpaired) electrons. The second-order valence-corrected chi connectivity index (χ2v) is 4.61. The van der Waals surface area contributed by atoms with Gasteiger partial charge in [-0.25, -0.2) is 0 Å². The van der Waals surface area contributed by atoms with Crippen LogP contribution in [0.25, 0.3) is 0 Å². The third-order valence-electron chi connectivity index (χ3n) is 3.47. The van der Waals surface area contributed by atoms with Crippen molar-refractivity contribution < 1.29 is 4.79 Å². The topological polar surface area (TPSA) is 55.1 Å². The number of terminal acetylenes is 1. The predicted octanol–water partition coefficient (Wildman–Crippen LogP) is 1.43. The van der Waals surface area contributed by atoms with Crippen molar-refractivity contribution in [2.75, 3.05) is 13.1 Å². The lowest BCUT2D eigenvalue weighted by Gasteiger charge is -2.34. The number of unbranched alkanes of at least 4 members (excludes halogenated alkanes) is 1. The number of nitrogens with two attached hydrogens (primary N) is 1. The molecular formula is C13H22N2O. The van der Waals surface area contributed by atoms with E-state index in [1.54, 1.807) is 0 Å². The highest BCUT2D eigenvalue weighted by Crippen LogP contribution is 2.35. The molecule has 1 rings (SSSR count). The van der Waals surface area contributed by atoms with E-state index >= 15 is 0 Å². The van der Waals surface area contributed by atoms with Crippen LogP contribution in [0.15, 0.2) is 0 Å². The van der Waals surface area contributed by atoms with Crippen LogP contribution >= 0.6 is 0 Å². The fourth-order valence-electron chi connectivity index (χ4n) is 2.33. The minimum absolute atomic E-state index is 0.131. The first kappa shape index (κ1) is 13.1. The van der Waals surface area contributed by atoms with Crippen LogP contribution in [0.4, 0.5) is 0 Å². The highest BCUT2D eigenvalue weighted by atomic mass is 16.2. The maximum absolute atomic E-state index is 12.1. The molecule has 1 aliphatic carbocycles. The van der Waals surface area contributed by atoms with Crippen molar-refractivity contribution in [3.8, 4) is 12.3 Å².